The number of benzene rings is 1. The number of halogens is 3. The quantitative estimate of drug-likeness (QED) is 0.724. The van der Waals surface area contributed by atoms with Crippen molar-refractivity contribution in [2.24, 2.45) is 5.73 Å². The van der Waals surface area contributed by atoms with Gasteiger partial charge in [-0.15, -0.1) is 0 Å². The predicted molar refractivity (Wildman–Crippen MR) is 45.4 cm³/mol. The normalized spacial score (nSPS) is 13.0. The molecule has 72 valence electrons. The molecule has 0 aliphatic heterocycles. The van der Waals surface area contributed by atoms with E-state index in [9.17, 15) is 8.78 Å². The molecule has 1 rings (SSSR count). The Morgan fingerprint density at radius 1 is 1.46 bits per heavy atom. The molecule has 0 bridgehead atoms. The van der Waals surface area contributed by atoms with Crippen molar-refractivity contribution in [1.29, 1.82) is 0 Å². The Labute approximate surface area is 78.9 Å². The third kappa shape index (κ3) is 1.96. The Balaban J connectivity index is 3.25. The van der Waals surface area contributed by atoms with Crippen molar-refractivity contribution in [3.8, 4) is 0 Å². The van der Waals surface area contributed by atoms with Crippen LogP contribution in [0.2, 0.25) is 5.02 Å². The van der Waals surface area contributed by atoms with Crippen LogP contribution in [0.25, 0.3) is 0 Å². The van der Waals surface area contributed by atoms with Gasteiger partial charge in [-0.3, -0.25) is 0 Å². The molecule has 13 heavy (non-hydrogen) atoms. The van der Waals surface area contributed by atoms with Gasteiger partial charge in [0.25, 0.3) is 0 Å². The van der Waals surface area contributed by atoms with E-state index in [0.29, 0.717) is 0 Å². The number of nitrogens with two attached hydrogens (primary N) is 1. The van der Waals surface area contributed by atoms with Gasteiger partial charge in [-0.05, 0) is 12.1 Å². The van der Waals surface area contributed by atoms with Crippen molar-refractivity contribution in [2.45, 2.75) is 6.10 Å². The summed E-state index contributed by atoms with van der Waals surface area (Å²) in [6, 6.07) is 2.07. The van der Waals surface area contributed by atoms with E-state index in [-0.39, 0.29) is 11.6 Å². The van der Waals surface area contributed by atoms with Crippen molar-refractivity contribution in [2.75, 3.05) is 6.54 Å². The molecule has 1 aromatic carbocycles. The molecule has 0 amide bonds. The molecule has 5 heteroatoms. The first-order valence-corrected chi connectivity index (χ1v) is 3.97. The second-order valence-electron chi connectivity index (χ2n) is 2.51. The maximum atomic E-state index is 13.1. The van der Waals surface area contributed by atoms with Crippen molar-refractivity contribution in [3.63, 3.8) is 0 Å². The molecule has 0 radical (unpaired) electrons. The molecule has 1 atom stereocenters. The van der Waals surface area contributed by atoms with Crippen molar-refractivity contribution >= 4 is 11.6 Å². The molecule has 0 aromatic heterocycles. The summed E-state index contributed by atoms with van der Waals surface area (Å²) in [7, 11) is 0. The average molecular weight is 208 g/mol. The van der Waals surface area contributed by atoms with Gasteiger partial charge in [0.2, 0.25) is 0 Å². The molecule has 3 N–H and O–H groups in total. The molecule has 0 saturated heterocycles. The lowest BCUT2D eigenvalue weighted by Gasteiger charge is -2.10. The van der Waals surface area contributed by atoms with Crippen LogP contribution in [0.15, 0.2) is 12.1 Å². The summed E-state index contributed by atoms with van der Waals surface area (Å²) in [6.45, 7) is -0.256. The number of hydrogen-bond donors (Lipinski definition) is 2. The van der Waals surface area contributed by atoms with E-state index in [1.807, 2.05) is 0 Å². The van der Waals surface area contributed by atoms with Gasteiger partial charge in [0.15, 0.2) is 5.82 Å². The fourth-order valence-corrected chi connectivity index (χ4v) is 1.13. The molecule has 0 saturated carbocycles. The third-order valence-electron chi connectivity index (χ3n) is 1.64. The van der Waals surface area contributed by atoms with Crippen LogP contribution in [-0.4, -0.2) is 11.7 Å². The minimum Gasteiger partial charge on any atom is -0.387 e. The van der Waals surface area contributed by atoms with Gasteiger partial charge in [0.1, 0.15) is 5.82 Å². The largest absolute Gasteiger partial charge is 0.387 e. The van der Waals surface area contributed by atoms with Crippen LogP contribution in [0.3, 0.4) is 0 Å². The van der Waals surface area contributed by atoms with E-state index < -0.39 is 23.3 Å². The zero-order valence-electron chi connectivity index (χ0n) is 6.60. The molecule has 2 nitrogen and oxygen atoms in total. The average Bonchev–Trinajstić information content (AvgIpc) is 2.12. The van der Waals surface area contributed by atoms with Crippen LogP contribution in [0.5, 0.6) is 0 Å². The summed E-state index contributed by atoms with van der Waals surface area (Å²) in [4.78, 5) is 0. The van der Waals surface area contributed by atoms with Crippen molar-refractivity contribution in [1.82, 2.24) is 0 Å². The van der Waals surface area contributed by atoms with E-state index in [2.05, 4.69) is 0 Å². The summed E-state index contributed by atoms with van der Waals surface area (Å²) >= 11 is 5.39. The second-order valence-corrected chi connectivity index (χ2v) is 2.92. The number of hydrogen-bond acceptors (Lipinski definition) is 2. The van der Waals surface area contributed by atoms with Crippen LogP contribution in [0, 0.1) is 11.6 Å². The number of aliphatic hydroxyl groups excluding tert-OH is 1. The molecule has 1 aromatic rings. The monoisotopic (exact) mass is 207 g/mol. The minimum atomic E-state index is -1.36. The minimum absolute atomic E-state index is 0.232. The lowest BCUT2D eigenvalue weighted by atomic mass is 10.1. The highest BCUT2D eigenvalue weighted by Gasteiger charge is 2.18. The Hall–Kier alpha value is -0.710. The number of rotatable bonds is 2. The van der Waals surface area contributed by atoms with Crippen LogP contribution >= 0.6 is 11.6 Å². The molecule has 0 spiro atoms. The summed E-state index contributed by atoms with van der Waals surface area (Å²) in [5, 5.41) is 8.92. The van der Waals surface area contributed by atoms with E-state index in [0.717, 1.165) is 12.1 Å². The van der Waals surface area contributed by atoms with Gasteiger partial charge in [-0.2, -0.15) is 0 Å². The summed E-state index contributed by atoms with van der Waals surface area (Å²) < 4.78 is 26.1. The van der Waals surface area contributed by atoms with Gasteiger partial charge in [0.05, 0.1) is 16.7 Å². The van der Waals surface area contributed by atoms with Gasteiger partial charge < -0.3 is 10.8 Å². The van der Waals surface area contributed by atoms with Gasteiger partial charge in [0, 0.05) is 6.54 Å². The summed E-state index contributed by atoms with van der Waals surface area (Å²) in [5.41, 5.74) is 4.59. The fraction of sp³-hybridized carbons (Fsp3) is 0.250. The molecule has 0 aliphatic rings. The highest BCUT2D eigenvalue weighted by Crippen LogP contribution is 2.25. The van der Waals surface area contributed by atoms with Crippen molar-refractivity contribution < 1.29 is 13.9 Å². The van der Waals surface area contributed by atoms with E-state index >= 15 is 0 Å². The topological polar surface area (TPSA) is 46.2 Å². The Morgan fingerprint density at radius 3 is 2.62 bits per heavy atom. The first-order valence-electron chi connectivity index (χ1n) is 3.59. The SMILES string of the molecule is NC[C@H](O)c1c(F)ccc(Cl)c1F. The lowest BCUT2D eigenvalue weighted by molar-refractivity contribution is 0.176. The Bertz CT molecular complexity index is 319. The molecule has 0 heterocycles. The predicted octanol–water partition coefficient (Wildman–Crippen LogP) is 1.61. The van der Waals surface area contributed by atoms with Crippen molar-refractivity contribution in [3.05, 3.63) is 34.4 Å². The fourth-order valence-electron chi connectivity index (χ4n) is 0.966. The first-order chi connectivity index (χ1) is 6.07. The molecule has 0 aliphatic carbocycles. The van der Waals surface area contributed by atoms with E-state index in [4.69, 9.17) is 22.4 Å². The second kappa shape index (κ2) is 4.00. The maximum absolute atomic E-state index is 13.1. The Kier molecular flexibility index (Phi) is 3.19. The summed E-state index contributed by atoms with van der Waals surface area (Å²) in [6.07, 6.45) is -1.36. The number of aliphatic hydroxyl groups is 1. The first kappa shape index (κ1) is 10.4. The highest BCUT2D eigenvalue weighted by atomic mass is 35.5. The van der Waals surface area contributed by atoms with Crippen LogP contribution in [-0.2, 0) is 0 Å². The van der Waals surface area contributed by atoms with Gasteiger partial charge in [-0.1, -0.05) is 11.6 Å². The third-order valence-corrected chi connectivity index (χ3v) is 1.93. The van der Waals surface area contributed by atoms with Crippen LogP contribution < -0.4 is 5.73 Å². The summed E-state index contributed by atoms with van der Waals surface area (Å²) in [5.74, 6) is -1.81. The standard InChI is InChI=1S/C8H8ClF2NO/c9-4-1-2-5(10)7(8(4)11)6(13)3-12/h1-2,6,13H,3,12H2/t6-/m0/s1. The molecule has 0 unspecified atom stereocenters. The van der Waals surface area contributed by atoms with E-state index in [1.54, 1.807) is 0 Å². The van der Waals surface area contributed by atoms with Crippen LogP contribution in [0.1, 0.15) is 11.7 Å². The maximum Gasteiger partial charge on any atom is 0.150 e. The zero-order chi connectivity index (χ0) is 10.0. The van der Waals surface area contributed by atoms with Gasteiger partial charge in [-0.25, -0.2) is 8.78 Å². The smallest absolute Gasteiger partial charge is 0.150 e. The van der Waals surface area contributed by atoms with E-state index in [1.165, 1.54) is 0 Å². The highest BCUT2D eigenvalue weighted by molar-refractivity contribution is 6.30. The Morgan fingerprint density at radius 2 is 2.08 bits per heavy atom. The lowest BCUT2D eigenvalue weighted by Crippen LogP contribution is -2.14. The van der Waals surface area contributed by atoms with Gasteiger partial charge >= 0.3 is 0 Å². The molecule has 0 fully saturated rings. The molecular formula is C8H8ClF2NO. The van der Waals surface area contributed by atoms with Crippen LogP contribution in [0.4, 0.5) is 8.78 Å². The molecular weight excluding hydrogens is 200 g/mol. The zero-order valence-corrected chi connectivity index (χ0v) is 7.35.